The highest BCUT2D eigenvalue weighted by Crippen LogP contribution is 2.04. The van der Waals surface area contributed by atoms with Crippen LogP contribution in [-0.4, -0.2) is 10.1 Å². The Morgan fingerprint density at radius 1 is 1.45 bits per heavy atom. The van der Waals surface area contributed by atoms with Crippen LogP contribution >= 0.6 is 11.6 Å². The molecule has 0 radical (unpaired) electrons. The molecule has 1 rings (SSSR count). The average Bonchev–Trinajstić information content (AvgIpc) is 2.10. The van der Waals surface area contributed by atoms with Gasteiger partial charge in [-0.25, -0.2) is 4.98 Å². The van der Waals surface area contributed by atoms with Crippen LogP contribution in [0.4, 0.5) is 0 Å². The summed E-state index contributed by atoms with van der Waals surface area (Å²) in [5.74, 6) is 0. The lowest BCUT2D eigenvalue weighted by molar-refractivity contribution is 0.281. The number of hydrogen-bond donors (Lipinski definition) is 1. The summed E-state index contributed by atoms with van der Waals surface area (Å²) in [4.78, 5) is 3.76. The van der Waals surface area contributed by atoms with Crippen molar-refractivity contribution in [2.24, 2.45) is 0 Å². The van der Waals surface area contributed by atoms with E-state index in [1.807, 2.05) is 13.8 Å². The van der Waals surface area contributed by atoms with E-state index >= 15 is 0 Å². The molecule has 11 heavy (non-hydrogen) atoms. The second-order valence-corrected chi connectivity index (χ2v) is 2.03. The van der Waals surface area contributed by atoms with Gasteiger partial charge in [-0.2, -0.15) is 0 Å². The molecule has 1 heterocycles. The second-order valence-electron chi connectivity index (χ2n) is 1.65. The van der Waals surface area contributed by atoms with Gasteiger partial charge in [-0.15, -0.1) is 0 Å². The van der Waals surface area contributed by atoms with Crippen molar-refractivity contribution < 1.29 is 5.11 Å². The van der Waals surface area contributed by atoms with Gasteiger partial charge in [0.2, 0.25) is 0 Å². The summed E-state index contributed by atoms with van der Waals surface area (Å²) in [6.45, 7) is 4.02. The number of aliphatic hydroxyl groups is 1. The molecule has 1 N–H and O–H groups in total. The van der Waals surface area contributed by atoms with Crippen molar-refractivity contribution in [3.8, 4) is 0 Å². The van der Waals surface area contributed by atoms with E-state index in [0.717, 1.165) is 5.56 Å². The molecular weight excluding hydrogens is 162 g/mol. The van der Waals surface area contributed by atoms with Crippen LogP contribution in [0.2, 0.25) is 5.15 Å². The van der Waals surface area contributed by atoms with Crippen LogP contribution in [0.3, 0.4) is 0 Å². The van der Waals surface area contributed by atoms with Crippen LogP contribution in [0.25, 0.3) is 0 Å². The first-order chi connectivity index (χ1) is 5.33. The van der Waals surface area contributed by atoms with Gasteiger partial charge in [0, 0.05) is 6.20 Å². The van der Waals surface area contributed by atoms with Gasteiger partial charge < -0.3 is 5.11 Å². The summed E-state index contributed by atoms with van der Waals surface area (Å²) in [6.07, 6.45) is 1.54. The van der Waals surface area contributed by atoms with Gasteiger partial charge in [-0.3, -0.25) is 0 Å². The first kappa shape index (κ1) is 10.4. The van der Waals surface area contributed by atoms with Crippen LogP contribution in [0.5, 0.6) is 0 Å². The Bertz CT molecular complexity index is 186. The Morgan fingerprint density at radius 2 is 2.09 bits per heavy atom. The van der Waals surface area contributed by atoms with Gasteiger partial charge >= 0.3 is 0 Å². The van der Waals surface area contributed by atoms with Crippen LogP contribution in [0.15, 0.2) is 18.3 Å². The Kier molecular flexibility index (Phi) is 5.80. The molecule has 0 unspecified atom stereocenters. The van der Waals surface area contributed by atoms with E-state index in [0.29, 0.717) is 5.15 Å². The standard InChI is InChI=1S/C6H6ClNO.C2H6/c7-6-2-1-5(4-9)3-8-6;1-2/h1-3,9H,4H2;1-2H3. The lowest BCUT2D eigenvalue weighted by Gasteiger charge is -1.91. The Labute approximate surface area is 71.8 Å². The van der Waals surface area contributed by atoms with E-state index in [1.165, 1.54) is 0 Å². The average molecular weight is 174 g/mol. The molecule has 0 aliphatic carbocycles. The van der Waals surface area contributed by atoms with Crippen LogP contribution in [0, 0.1) is 0 Å². The minimum absolute atomic E-state index is 0.0180. The fraction of sp³-hybridized carbons (Fsp3) is 0.375. The summed E-state index contributed by atoms with van der Waals surface area (Å²) in [7, 11) is 0. The largest absolute Gasteiger partial charge is 0.392 e. The molecule has 0 aliphatic rings. The van der Waals surface area contributed by atoms with Gasteiger partial charge in [0.05, 0.1) is 6.61 Å². The summed E-state index contributed by atoms with van der Waals surface area (Å²) in [6, 6.07) is 3.38. The van der Waals surface area contributed by atoms with E-state index in [4.69, 9.17) is 16.7 Å². The van der Waals surface area contributed by atoms with Crippen molar-refractivity contribution >= 4 is 11.6 Å². The number of hydrogen-bond acceptors (Lipinski definition) is 2. The molecule has 62 valence electrons. The topological polar surface area (TPSA) is 33.1 Å². The van der Waals surface area contributed by atoms with Crippen molar-refractivity contribution in [2.45, 2.75) is 20.5 Å². The highest BCUT2D eigenvalue weighted by atomic mass is 35.5. The molecule has 1 aromatic heterocycles. The maximum atomic E-state index is 8.55. The van der Waals surface area contributed by atoms with Crippen molar-refractivity contribution in [2.75, 3.05) is 0 Å². The Balaban J connectivity index is 0.000000461. The summed E-state index contributed by atoms with van der Waals surface area (Å²) in [5.41, 5.74) is 0.777. The van der Waals surface area contributed by atoms with E-state index in [2.05, 4.69) is 4.98 Å². The molecule has 0 fully saturated rings. The lowest BCUT2D eigenvalue weighted by Crippen LogP contribution is -1.82. The minimum atomic E-state index is 0.0180. The molecule has 0 saturated carbocycles. The first-order valence-electron chi connectivity index (χ1n) is 3.54. The fourth-order valence-electron chi connectivity index (χ4n) is 0.500. The molecule has 3 heteroatoms. The van der Waals surface area contributed by atoms with Gasteiger partial charge in [0.1, 0.15) is 5.15 Å². The van der Waals surface area contributed by atoms with E-state index in [9.17, 15) is 0 Å². The molecule has 0 amide bonds. The monoisotopic (exact) mass is 173 g/mol. The zero-order chi connectivity index (χ0) is 8.69. The molecule has 2 nitrogen and oxygen atoms in total. The predicted molar refractivity (Wildman–Crippen MR) is 46.5 cm³/mol. The van der Waals surface area contributed by atoms with Crippen LogP contribution < -0.4 is 0 Å². The maximum Gasteiger partial charge on any atom is 0.129 e. The van der Waals surface area contributed by atoms with Gasteiger partial charge in [0.15, 0.2) is 0 Å². The summed E-state index contributed by atoms with van der Waals surface area (Å²) >= 11 is 5.48. The van der Waals surface area contributed by atoms with Crippen molar-refractivity contribution in [3.05, 3.63) is 29.0 Å². The SMILES string of the molecule is CC.OCc1ccc(Cl)nc1. The van der Waals surface area contributed by atoms with Crippen molar-refractivity contribution in [1.82, 2.24) is 4.98 Å². The number of aromatic nitrogens is 1. The zero-order valence-corrected chi connectivity index (χ0v) is 7.47. The molecule has 0 atom stereocenters. The van der Waals surface area contributed by atoms with Crippen molar-refractivity contribution in [1.29, 1.82) is 0 Å². The normalized spacial score (nSPS) is 8.36. The Hall–Kier alpha value is -0.600. The minimum Gasteiger partial charge on any atom is -0.392 e. The number of rotatable bonds is 1. The number of nitrogens with zero attached hydrogens (tertiary/aromatic N) is 1. The first-order valence-corrected chi connectivity index (χ1v) is 3.92. The second kappa shape index (κ2) is 6.13. The Morgan fingerprint density at radius 3 is 2.45 bits per heavy atom. The number of halogens is 1. The smallest absolute Gasteiger partial charge is 0.129 e. The lowest BCUT2D eigenvalue weighted by atomic mass is 10.3. The number of aliphatic hydroxyl groups excluding tert-OH is 1. The molecule has 0 aliphatic heterocycles. The highest BCUT2D eigenvalue weighted by Gasteiger charge is 1.88. The molecule has 0 aromatic carbocycles. The van der Waals surface area contributed by atoms with E-state index in [-0.39, 0.29) is 6.61 Å². The van der Waals surface area contributed by atoms with E-state index in [1.54, 1.807) is 18.3 Å². The third-order valence-electron chi connectivity index (χ3n) is 0.971. The van der Waals surface area contributed by atoms with Gasteiger partial charge in [-0.1, -0.05) is 31.5 Å². The molecular formula is C8H12ClNO. The summed E-state index contributed by atoms with van der Waals surface area (Å²) < 4.78 is 0. The summed E-state index contributed by atoms with van der Waals surface area (Å²) in [5, 5.41) is 9.00. The van der Waals surface area contributed by atoms with Crippen LogP contribution in [-0.2, 0) is 6.61 Å². The maximum absolute atomic E-state index is 8.55. The van der Waals surface area contributed by atoms with Crippen molar-refractivity contribution in [3.63, 3.8) is 0 Å². The zero-order valence-electron chi connectivity index (χ0n) is 6.71. The fourth-order valence-corrected chi connectivity index (χ4v) is 0.612. The third kappa shape index (κ3) is 3.96. The number of pyridine rings is 1. The predicted octanol–water partition coefficient (Wildman–Crippen LogP) is 2.25. The molecule has 1 aromatic rings. The van der Waals surface area contributed by atoms with E-state index < -0.39 is 0 Å². The third-order valence-corrected chi connectivity index (χ3v) is 1.19. The highest BCUT2D eigenvalue weighted by molar-refractivity contribution is 6.29. The van der Waals surface area contributed by atoms with Gasteiger partial charge in [0.25, 0.3) is 0 Å². The quantitative estimate of drug-likeness (QED) is 0.661. The van der Waals surface area contributed by atoms with Gasteiger partial charge in [-0.05, 0) is 11.6 Å². The molecule has 0 bridgehead atoms. The van der Waals surface area contributed by atoms with Crippen LogP contribution in [0.1, 0.15) is 19.4 Å². The molecule has 0 saturated heterocycles. The molecule has 0 spiro atoms.